The summed E-state index contributed by atoms with van der Waals surface area (Å²) in [6, 6.07) is 3.86. The number of rotatable bonds is 3. The zero-order chi connectivity index (χ0) is 14.9. The van der Waals surface area contributed by atoms with Crippen LogP contribution in [0.15, 0.2) is 12.1 Å². The van der Waals surface area contributed by atoms with Crippen molar-refractivity contribution in [3.05, 3.63) is 23.5 Å². The average molecular weight is 279 g/mol. The predicted molar refractivity (Wildman–Crippen MR) is 78.8 cm³/mol. The molecule has 0 aromatic carbocycles. The lowest BCUT2D eigenvalue weighted by atomic mass is 10.1. The molecule has 1 saturated heterocycles. The topological polar surface area (TPSA) is 48.7 Å². The van der Waals surface area contributed by atoms with Gasteiger partial charge in [-0.3, -0.25) is 9.69 Å². The third-order valence-corrected chi connectivity index (χ3v) is 3.86. The number of piperazine rings is 1. The minimum absolute atomic E-state index is 0.100. The van der Waals surface area contributed by atoms with Gasteiger partial charge in [0.2, 0.25) is 0 Å². The first-order chi connectivity index (χ1) is 9.28. The quantitative estimate of drug-likeness (QED) is 0.893. The monoisotopic (exact) mass is 279 g/mol. The van der Waals surface area contributed by atoms with Crippen molar-refractivity contribution in [3.63, 3.8) is 0 Å². The summed E-state index contributed by atoms with van der Waals surface area (Å²) in [5, 5.41) is 9.84. The first-order valence-corrected chi connectivity index (χ1v) is 7.14. The third-order valence-electron chi connectivity index (χ3n) is 3.86. The molecular weight excluding hydrogens is 254 g/mol. The standard InChI is InChI=1S/C15H25N3O2/c1-12-5-6-13(16(12)4)14(19)18-9-7-17(8-10-18)11-15(2,3)20/h5-6,20H,7-11H2,1-4H3. The maximum absolute atomic E-state index is 12.5. The van der Waals surface area contributed by atoms with Crippen LogP contribution in [-0.4, -0.2) is 63.7 Å². The Hall–Kier alpha value is -1.33. The third kappa shape index (κ3) is 3.41. The maximum atomic E-state index is 12.5. The van der Waals surface area contributed by atoms with Crippen molar-refractivity contribution < 1.29 is 9.90 Å². The summed E-state index contributed by atoms with van der Waals surface area (Å²) in [6.45, 7) is 9.36. The van der Waals surface area contributed by atoms with Crippen molar-refractivity contribution in [1.82, 2.24) is 14.4 Å². The lowest BCUT2D eigenvalue weighted by Gasteiger charge is -2.37. The summed E-state index contributed by atoms with van der Waals surface area (Å²) < 4.78 is 1.94. The highest BCUT2D eigenvalue weighted by molar-refractivity contribution is 5.93. The number of carbonyl (C=O) groups is 1. The second-order valence-electron chi connectivity index (χ2n) is 6.30. The van der Waals surface area contributed by atoms with Crippen LogP contribution in [0.1, 0.15) is 30.0 Å². The van der Waals surface area contributed by atoms with E-state index in [2.05, 4.69) is 4.90 Å². The minimum atomic E-state index is -0.679. The van der Waals surface area contributed by atoms with Crippen molar-refractivity contribution in [1.29, 1.82) is 0 Å². The summed E-state index contributed by atoms with van der Waals surface area (Å²) in [5.74, 6) is 0.100. The fourth-order valence-corrected chi connectivity index (χ4v) is 2.65. The van der Waals surface area contributed by atoms with Gasteiger partial charge in [0.25, 0.3) is 5.91 Å². The highest BCUT2D eigenvalue weighted by atomic mass is 16.3. The number of aliphatic hydroxyl groups is 1. The van der Waals surface area contributed by atoms with Gasteiger partial charge in [0, 0.05) is 45.5 Å². The van der Waals surface area contributed by atoms with Gasteiger partial charge in [-0.05, 0) is 32.9 Å². The molecule has 1 aromatic rings. The van der Waals surface area contributed by atoms with Crippen LogP contribution in [0.25, 0.3) is 0 Å². The van der Waals surface area contributed by atoms with Gasteiger partial charge >= 0.3 is 0 Å². The van der Waals surface area contributed by atoms with Gasteiger partial charge in [-0.2, -0.15) is 0 Å². The first-order valence-electron chi connectivity index (χ1n) is 7.14. The molecule has 0 saturated carbocycles. The minimum Gasteiger partial charge on any atom is -0.389 e. The zero-order valence-electron chi connectivity index (χ0n) is 12.9. The Morgan fingerprint density at radius 2 is 1.85 bits per heavy atom. The molecular formula is C15H25N3O2. The average Bonchev–Trinajstić information content (AvgIpc) is 2.68. The first kappa shape index (κ1) is 15.1. The van der Waals surface area contributed by atoms with Crippen LogP contribution in [0.2, 0.25) is 0 Å². The van der Waals surface area contributed by atoms with E-state index in [9.17, 15) is 9.90 Å². The van der Waals surface area contributed by atoms with E-state index in [0.717, 1.165) is 37.6 Å². The number of hydrogen-bond acceptors (Lipinski definition) is 3. The normalized spacial score (nSPS) is 17.6. The Balaban J connectivity index is 1.94. The Labute approximate surface area is 120 Å². The van der Waals surface area contributed by atoms with Crippen LogP contribution < -0.4 is 0 Å². The Bertz CT molecular complexity index is 480. The molecule has 1 fully saturated rings. The number of β-amino-alcohol motifs (C(OH)–C–C–N with tert-alkyl or cyclic N) is 1. The molecule has 0 atom stereocenters. The van der Waals surface area contributed by atoms with E-state index in [-0.39, 0.29) is 5.91 Å². The van der Waals surface area contributed by atoms with E-state index in [1.54, 1.807) is 0 Å². The molecule has 5 heteroatoms. The Kier molecular flexibility index (Phi) is 4.20. The summed E-state index contributed by atoms with van der Waals surface area (Å²) in [5.41, 5.74) is 1.16. The van der Waals surface area contributed by atoms with Gasteiger partial charge in [0.15, 0.2) is 0 Å². The molecule has 20 heavy (non-hydrogen) atoms. The zero-order valence-corrected chi connectivity index (χ0v) is 12.9. The van der Waals surface area contributed by atoms with Crippen molar-refractivity contribution in [2.75, 3.05) is 32.7 Å². The van der Waals surface area contributed by atoms with Gasteiger partial charge in [-0.15, -0.1) is 0 Å². The van der Waals surface area contributed by atoms with E-state index in [0.29, 0.717) is 6.54 Å². The number of aryl methyl sites for hydroxylation is 1. The van der Waals surface area contributed by atoms with Crippen molar-refractivity contribution >= 4 is 5.91 Å². The van der Waals surface area contributed by atoms with Crippen LogP contribution in [0.3, 0.4) is 0 Å². The number of nitrogens with zero attached hydrogens (tertiary/aromatic N) is 3. The molecule has 2 heterocycles. The molecule has 0 bridgehead atoms. The van der Waals surface area contributed by atoms with Gasteiger partial charge in [0.05, 0.1) is 5.60 Å². The number of carbonyl (C=O) groups excluding carboxylic acids is 1. The maximum Gasteiger partial charge on any atom is 0.270 e. The molecule has 1 aromatic heterocycles. The van der Waals surface area contributed by atoms with Gasteiger partial charge in [-0.1, -0.05) is 0 Å². The van der Waals surface area contributed by atoms with Gasteiger partial charge in [-0.25, -0.2) is 0 Å². The fraction of sp³-hybridized carbons (Fsp3) is 0.667. The lowest BCUT2D eigenvalue weighted by Crippen LogP contribution is -2.52. The Morgan fingerprint density at radius 3 is 2.30 bits per heavy atom. The fourth-order valence-electron chi connectivity index (χ4n) is 2.65. The number of hydrogen-bond donors (Lipinski definition) is 1. The predicted octanol–water partition coefficient (Wildman–Crippen LogP) is 0.862. The van der Waals surface area contributed by atoms with Crippen molar-refractivity contribution in [2.24, 2.45) is 7.05 Å². The number of aromatic nitrogens is 1. The highest BCUT2D eigenvalue weighted by Gasteiger charge is 2.26. The molecule has 1 amide bonds. The van der Waals surface area contributed by atoms with Crippen LogP contribution >= 0.6 is 0 Å². The SMILES string of the molecule is Cc1ccc(C(=O)N2CCN(CC(C)(C)O)CC2)n1C. The smallest absolute Gasteiger partial charge is 0.270 e. The van der Waals surface area contributed by atoms with Crippen LogP contribution in [0, 0.1) is 6.92 Å². The Morgan fingerprint density at radius 1 is 1.25 bits per heavy atom. The molecule has 0 radical (unpaired) electrons. The second kappa shape index (κ2) is 5.58. The molecule has 5 nitrogen and oxygen atoms in total. The molecule has 1 aliphatic heterocycles. The number of amides is 1. The van der Waals surface area contributed by atoms with Crippen LogP contribution in [-0.2, 0) is 7.05 Å². The van der Waals surface area contributed by atoms with Crippen LogP contribution in [0.5, 0.6) is 0 Å². The molecule has 0 aliphatic carbocycles. The van der Waals surface area contributed by atoms with E-state index >= 15 is 0 Å². The summed E-state index contributed by atoms with van der Waals surface area (Å²) in [7, 11) is 1.92. The second-order valence-corrected chi connectivity index (χ2v) is 6.30. The summed E-state index contributed by atoms with van der Waals surface area (Å²) in [6.07, 6.45) is 0. The highest BCUT2D eigenvalue weighted by Crippen LogP contribution is 2.13. The van der Waals surface area contributed by atoms with Crippen molar-refractivity contribution in [2.45, 2.75) is 26.4 Å². The van der Waals surface area contributed by atoms with Gasteiger partial charge < -0.3 is 14.6 Å². The van der Waals surface area contributed by atoms with E-state index in [1.165, 1.54) is 0 Å². The van der Waals surface area contributed by atoms with Crippen molar-refractivity contribution in [3.8, 4) is 0 Å². The van der Waals surface area contributed by atoms with E-state index < -0.39 is 5.60 Å². The molecule has 1 aliphatic rings. The van der Waals surface area contributed by atoms with Gasteiger partial charge in [0.1, 0.15) is 5.69 Å². The molecule has 0 unspecified atom stereocenters. The lowest BCUT2D eigenvalue weighted by molar-refractivity contribution is 0.0176. The summed E-state index contributed by atoms with van der Waals surface area (Å²) in [4.78, 5) is 16.6. The molecule has 0 spiro atoms. The van der Waals surface area contributed by atoms with Crippen LogP contribution in [0.4, 0.5) is 0 Å². The molecule has 1 N–H and O–H groups in total. The van der Waals surface area contributed by atoms with E-state index in [1.807, 2.05) is 49.4 Å². The molecule has 2 rings (SSSR count). The molecule has 112 valence electrons. The largest absolute Gasteiger partial charge is 0.389 e. The van der Waals surface area contributed by atoms with E-state index in [4.69, 9.17) is 0 Å². The summed E-state index contributed by atoms with van der Waals surface area (Å²) >= 11 is 0.